The number of carbonyl (C=O) groups is 2. The fraction of sp³-hybridized carbons (Fsp3) is 0.333. The predicted octanol–water partition coefficient (Wildman–Crippen LogP) is 3.61. The van der Waals surface area contributed by atoms with Crippen molar-refractivity contribution in [1.29, 1.82) is 0 Å². The van der Waals surface area contributed by atoms with Crippen LogP contribution < -0.4 is 10.2 Å². The molecule has 3 aromatic rings. The van der Waals surface area contributed by atoms with Gasteiger partial charge in [0.15, 0.2) is 5.65 Å². The molecule has 1 fully saturated rings. The van der Waals surface area contributed by atoms with Gasteiger partial charge in [0.25, 0.3) is 5.91 Å². The Labute approximate surface area is 168 Å². The van der Waals surface area contributed by atoms with E-state index >= 15 is 0 Å². The van der Waals surface area contributed by atoms with E-state index in [0.717, 1.165) is 35.3 Å². The monoisotopic (exact) mass is 393 g/mol. The Hall–Kier alpha value is -3.42. The number of methoxy groups -OCH3 is 1. The Bertz CT molecular complexity index is 1100. The molecule has 0 aliphatic heterocycles. The van der Waals surface area contributed by atoms with Crippen LogP contribution in [0.4, 0.5) is 16.2 Å². The van der Waals surface area contributed by atoms with Crippen molar-refractivity contribution in [2.45, 2.75) is 25.7 Å². The number of hydrogen-bond donors (Lipinski definition) is 1. The van der Waals surface area contributed by atoms with Crippen molar-refractivity contribution in [3.05, 3.63) is 47.3 Å². The van der Waals surface area contributed by atoms with Crippen LogP contribution in [-0.4, -0.2) is 40.9 Å². The fourth-order valence-corrected chi connectivity index (χ4v) is 3.44. The molecule has 1 N–H and O–H groups in total. The van der Waals surface area contributed by atoms with Crippen LogP contribution >= 0.6 is 0 Å². The van der Waals surface area contributed by atoms with Crippen molar-refractivity contribution < 1.29 is 14.3 Å². The van der Waals surface area contributed by atoms with E-state index in [9.17, 15) is 9.59 Å². The van der Waals surface area contributed by atoms with E-state index in [4.69, 9.17) is 9.72 Å². The molecule has 8 heteroatoms. The minimum Gasteiger partial charge on any atom is -0.452 e. The molecule has 2 heterocycles. The summed E-state index contributed by atoms with van der Waals surface area (Å²) in [4.78, 5) is 30.9. The molecule has 2 amide bonds. The van der Waals surface area contributed by atoms with Gasteiger partial charge in [-0.3, -0.25) is 14.4 Å². The number of pyridine rings is 1. The van der Waals surface area contributed by atoms with Gasteiger partial charge in [-0.2, -0.15) is 5.10 Å². The number of carbonyl (C=O) groups excluding carboxylic acids is 2. The van der Waals surface area contributed by atoms with Crippen LogP contribution in [0.2, 0.25) is 0 Å². The van der Waals surface area contributed by atoms with Crippen LogP contribution in [0.1, 0.15) is 40.5 Å². The summed E-state index contributed by atoms with van der Waals surface area (Å²) in [6.45, 7) is 1.88. The number of rotatable bonds is 4. The molecule has 29 heavy (non-hydrogen) atoms. The maximum Gasteiger partial charge on any atom is 0.413 e. The highest BCUT2D eigenvalue weighted by Gasteiger charge is 2.28. The molecule has 0 atom stereocenters. The van der Waals surface area contributed by atoms with Crippen molar-refractivity contribution in [1.82, 2.24) is 14.8 Å². The number of benzene rings is 1. The zero-order chi connectivity index (χ0) is 20.7. The van der Waals surface area contributed by atoms with Gasteiger partial charge >= 0.3 is 6.09 Å². The van der Waals surface area contributed by atoms with Gasteiger partial charge in [0.2, 0.25) is 0 Å². The lowest BCUT2D eigenvalue weighted by Gasteiger charge is -2.16. The van der Waals surface area contributed by atoms with Crippen LogP contribution in [0.5, 0.6) is 0 Å². The third kappa shape index (κ3) is 3.53. The molecular formula is C21H23N5O3. The molecule has 8 nitrogen and oxygen atoms in total. The van der Waals surface area contributed by atoms with Gasteiger partial charge < -0.3 is 10.1 Å². The summed E-state index contributed by atoms with van der Waals surface area (Å²) in [6, 6.07) is 8.90. The van der Waals surface area contributed by atoms with Crippen molar-refractivity contribution in [3.63, 3.8) is 0 Å². The van der Waals surface area contributed by atoms with Crippen LogP contribution in [0, 0.1) is 6.92 Å². The summed E-state index contributed by atoms with van der Waals surface area (Å²) in [7, 11) is 4.80. The van der Waals surface area contributed by atoms with Crippen LogP contribution in [0.25, 0.3) is 11.0 Å². The first-order valence-electron chi connectivity index (χ1n) is 9.46. The van der Waals surface area contributed by atoms with Crippen LogP contribution in [0.3, 0.4) is 0 Å². The number of aryl methyl sites for hydroxylation is 2. The van der Waals surface area contributed by atoms with E-state index in [1.807, 2.05) is 20.0 Å². The second-order valence-corrected chi connectivity index (χ2v) is 7.31. The summed E-state index contributed by atoms with van der Waals surface area (Å²) >= 11 is 0. The first-order chi connectivity index (χ1) is 13.9. The number of amides is 2. The van der Waals surface area contributed by atoms with Crippen molar-refractivity contribution in [2.24, 2.45) is 7.05 Å². The van der Waals surface area contributed by atoms with Gasteiger partial charge in [0, 0.05) is 37.1 Å². The number of nitrogens with zero attached hydrogens (tertiary/aromatic N) is 4. The molecule has 0 saturated heterocycles. The molecule has 0 unspecified atom stereocenters. The van der Waals surface area contributed by atoms with Gasteiger partial charge in [-0.15, -0.1) is 0 Å². The quantitative estimate of drug-likeness (QED) is 0.731. The number of aromatic nitrogens is 3. The van der Waals surface area contributed by atoms with Gasteiger partial charge in [-0.25, -0.2) is 9.78 Å². The van der Waals surface area contributed by atoms with E-state index in [-0.39, 0.29) is 5.91 Å². The lowest BCUT2D eigenvalue weighted by atomic mass is 10.1. The zero-order valence-corrected chi connectivity index (χ0v) is 16.9. The molecule has 150 valence electrons. The van der Waals surface area contributed by atoms with Crippen molar-refractivity contribution in [2.75, 3.05) is 24.4 Å². The highest BCUT2D eigenvalue weighted by atomic mass is 16.5. The maximum absolute atomic E-state index is 13.1. The Balaban J connectivity index is 1.63. The standard InChI is InChI=1S/C21H23N5O3/c1-12-18-16(11-17(13-5-6-13)23-19(18)26(3)24-12)20(27)22-14-7-9-15(10-8-14)25(2)21(28)29-4/h7-11,13H,5-6H2,1-4H3,(H,22,27). The average molecular weight is 393 g/mol. The van der Waals surface area contributed by atoms with E-state index in [1.54, 1.807) is 36.0 Å². The minimum absolute atomic E-state index is 0.204. The van der Waals surface area contributed by atoms with E-state index in [0.29, 0.717) is 22.9 Å². The van der Waals surface area contributed by atoms with Crippen molar-refractivity contribution >= 4 is 34.4 Å². The summed E-state index contributed by atoms with van der Waals surface area (Å²) < 4.78 is 6.44. The lowest BCUT2D eigenvalue weighted by Crippen LogP contribution is -2.25. The largest absolute Gasteiger partial charge is 0.452 e. The Morgan fingerprint density at radius 3 is 2.55 bits per heavy atom. The maximum atomic E-state index is 13.1. The summed E-state index contributed by atoms with van der Waals surface area (Å²) in [6.07, 6.45) is 1.75. The molecule has 0 radical (unpaired) electrons. The SMILES string of the molecule is COC(=O)N(C)c1ccc(NC(=O)c2cc(C3CC3)nc3c2c(C)nn3C)cc1. The smallest absolute Gasteiger partial charge is 0.413 e. The first-order valence-corrected chi connectivity index (χ1v) is 9.46. The van der Waals surface area contributed by atoms with E-state index < -0.39 is 6.09 Å². The molecule has 4 rings (SSSR count). The Morgan fingerprint density at radius 1 is 1.24 bits per heavy atom. The number of hydrogen-bond acceptors (Lipinski definition) is 5. The molecule has 1 saturated carbocycles. The third-order valence-corrected chi connectivity index (χ3v) is 5.19. The summed E-state index contributed by atoms with van der Waals surface area (Å²) in [5.41, 5.74) is 4.33. The number of nitrogens with one attached hydrogen (secondary N) is 1. The molecule has 1 aliphatic carbocycles. The first kappa shape index (κ1) is 18.9. The highest BCUT2D eigenvalue weighted by molar-refractivity contribution is 6.12. The highest BCUT2D eigenvalue weighted by Crippen LogP contribution is 2.40. The molecule has 0 bridgehead atoms. The molecule has 2 aromatic heterocycles. The van der Waals surface area contributed by atoms with Gasteiger partial charge in [-0.1, -0.05) is 0 Å². The summed E-state index contributed by atoms with van der Waals surface area (Å²) in [5, 5.41) is 8.16. The molecular weight excluding hydrogens is 370 g/mol. The molecule has 0 spiro atoms. The molecule has 1 aromatic carbocycles. The number of ether oxygens (including phenoxy) is 1. The summed E-state index contributed by atoms with van der Waals surface area (Å²) in [5.74, 6) is 0.221. The number of anilines is 2. The lowest BCUT2D eigenvalue weighted by molar-refractivity contribution is 0.102. The fourth-order valence-electron chi connectivity index (χ4n) is 3.44. The van der Waals surface area contributed by atoms with Gasteiger partial charge in [0.05, 0.1) is 23.8 Å². The zero-order valence-electron chi connectivity index (χ0n) is 16.9. The molecule has 1 aliphatic rings. The topological polar surface area (TPSA) is 89.3 Å². The third-order valence-electron chi connectivity index (χ3n) is 5.19. The predicted molar refractivity (Wildman–Crippen MR) is 110 cm³/mol. The van der Waals surface area contributed by atoms with Crippen LogP contribution in [-0.2, 0) is 11.8 Å². The normalized spacial score (nSPS) is 13.4. The van der Waals surface area contributed by atoms with Crippen molar-refractivity contribution in [3.8, 4) is 0 Å². The Morgan fingerprint density at radius 2 is 1.93 bits per heavy atom. The van der Waals surface area contributed by atoms with E-state index in [1.165, 1.54) is 12.0 Å². The van der Waals surface area contributed by atoms with Crippen LogP contribution in [0.15, 0.2) is 30.3 Å². The second kappa shape index (κ2) is 7.20. The number of fused-ring (bicyclic) bond motifs is 1. The van der Waals surface area contributed by atoms with Gasteiger partial charge in [-0.05, 0) is 50.1 Å². The second-order valence-electron chi connectivity index (χ2n) is 7.31. The van der Waals surface area contributed by atoms with Gasteiger partial charge in [0.1, 0.15) is 0 Å². The Kier molecular flexibility index (Phi) is 4.70. The average Bonchev–Trinajstić information content (AvgIpc) is 3.53. The minimum atomic E-state index is -0.458. The van der Waals surface area contributed by atoms with E-state index in [2.05, 4.69) is 10.4 Å².